The number of hydrogen-bond acceptors (Lipinski definition) is 3. The molecule has 21 heavy (non-hydrogen) atoms. The van der Waals surface area contributed by atoms with Crippen LogP contribution in [0.3, 0.4) is 0 Å². The highest BCUT2D eigenvalue weighted by molar-refractivity contribution is 5.96. The third-order valence-corrected chi connectivity index (χ3v) is 3.68. The van der Waals surface area contributed by atoms with Crippen LogP contribution >= 0.6 is 0 Å². The van der Waals surface area contributed by atoms with E-state index in [1.165, 1.54) is 5.39 Å². The molecule has 3 aromatic carbocycles. The molecular weight excluding hydrogens is 260 g/mol. The highest BCUT2D eigenvalue weighted by Gasteiger charge is 2.13. The minimum absolute atomic E-state index is 0.610. The highest BCUT2D eigenvalue weighted by atomic mass is 16.3. The van der Waals surface area contributed by atoms with E-state index in [0.717, 1.165) is 22.0 Å². The van der Waals surface area contributed by atoms with Crippen LogP contribution in [0.15, 0.2) is 59.0 Å². The van der Waals surface area contributed by atoms with Crippen molar-refractivity contribution in [2.45, 2.75) is 6.92 Å². The largest absolute Gasteiger partial charge is 0.434 e. The zero-order chi connectivity index (χ0) is 14.4. The van der Waals surface area contributed by atoms with Gasteiger partial charge in [0.05, 0.1) is 5.69 Å². The van der Waals surface area contributed by atoms with Gasteiger partial charge in [-0.2, -0.15) is 0 Å². The number of fused-ring (bicyclic) bond motifs is 2. The predicted molar refractivity (Wildman–Crippen MR) is 86.1 cm³/mol. The molecule has 1 aromatic heterocycles. The van der Waals surface area contributed by atoms with Crippen molar-refractivity contribution in [1.29, 1.82) is 0 Å². The van der Waals surface area contributed by atoms with Crippen molar-refractivity contribution in [1.82, 2.24) is 4.98 Å². The van der Waals surface area contributed by atoms with Gasteiger partial charge >= 0.3 is 0 Å². The van der Waals surface area contributed by atoms with E-state index in [4.69, 9.17) is 10.2 Å². The van der Waals surface area contributed by atoms with Crippen molar-refractivity contribution < 1.29 is 4.42 Å². The minimum atomic E-state index is 0.610. The van der Waals surface area contributed by atoms with E-state index in [2.05, 4.69) is 23.2 Å². The molecule has 0 radical (unpaired) electrons. The molecule has 1 heterocycles. The predicted octanol–water partition coefficient (Wildman–Crippen LogP) is 4.54. The SMILES string of the molecule is Cc1cc(N)c2oc(-c3cccc4ccccc34)nc2c1. The minimum Gasteiger partial charge on any atom is -0.434 e. The summed E-state index contributed by atoms with van der Waals surface area (Å²) in [4.78, 5) is 4.61. The highest BCUT2D eigenvalue weighted by Crippen LogP contribution is 2.32. The lowest BCUT2D eigenvalue weighted by atomic mass is 10.0. The van der Waals surface area contributed by atoms with Gasteiger partial charge in [-0.05, 0) is 41.5 Å². The van der Waals surface area contributed by atoms with Gasteiger partial charge in [0, 0.05) is 5.56 Å². The van der Waals surface area contributed by atoms with E-state index >= 15 is 0 Å². The van der Waals surface area contributed by atoms with E-state index in [0.29, 0.717) is 17.2 Å². The van der Waals surface area contributed by atoms with Crippen LogP contribution in [0.5, 0.6) is 0 Å². The Balaban J connectivity index is 2.03. The summed E-state index contributed by atoms with van der Waals surface area (Å²) in [6, 6.07) is 18.2. The van der Waals surface area contributed by atoms with Gasteiger partial charge in [0.2, 0.25) is 5.89 Å². The van der Waals surface area contributed by atoms with Gasteiger partial charge in [0.25, 0.3) is 0 Å². The van der Waals surface area contributed by atoms with Gasteiger partial charge < -0.3 is 10.2 Å². The van der Waals surface area contributed by atoms with Gasteiger partial charge in [-0.25, -0.2) is 4.98 Å². The fourth-order valence-corrected chi connectivity index (χ4v) is 2.73. The van der Waals surface area contributed by atoms with Crippen LogP contribution in [0.4, 0.5) is 5.69 Å². The summed E-state index contributed by atoms with van der Waals surface area (Å²) in [5.74, 6) is 0.610. The average molecular weight is 274 g/mol. The summed E-state index contributed by atoms with van der Waals surface area (Å²) >= 11 is 0. The quantitative estimate of drug-likeness (QED) is 0.518. The third-order valence-electron chi connectivity index (χ3n) is 3.68. The normalized spacial score (nSPS) is 11.3. The van der Waals surface area contributed by atoms with E-state index in [1.807, 2.05) is 43.3 Å². The lowest BCUT2D eigenvalue weighted by Crippen LogP contribution is -1.86. The van der Waals surface area contributed by atoms with Gasteiger partial charge in [0.1, 0.15) is 5.52 Å². The Morgan fingerprint density at radius 3 is 2.71 bits per heavy atom. The summed E-state index contributed by atoms with van der Waals surface area (Å²) < 4.78 is 5.91. The molecule has 0 fully saturated rings. The Kier molecular flexibility index (Phi) is 2.48. The van der Waals surface area contributed by atoms with E-state index in [1.54, 1.807) is 0 Å². The molecule has 3 heteroatoms. The standard InChI is InChI=1S/C18H14N2O/c1-11-9-15(19)17-16(10-11)20-18(21-17)14-8-4-6-12-5-2-3-7-13(12)14/h2-10H,19H2,1H3. The lowest BCUT2D eigenvalue weighted by Gasteiger charge is -2.02. The summed E-state index contributed by atoms with van der Waals surface area (Å²) in [7, 11) is 0. The first-order valence-electron chi connectivity index (χ1n) is 6.87. The number of hydrogen-bond donors (Lipinski definition) is 1. The number of nitrogens with zero attached hydrogens (tertiary/aromatic N) is 1. The first kappa shape index (κ1) is 12.0. The number of aromatic nitrogens is 1. The molecule has 4 rings (SSSR count). The summed E-state index contributed by atoms with van der Waals surface area (Å²) in [5.41, 5.74) is 10.2. The van der Waals surface area contributed by atoms with Crippen LogP contribution in [0.2, 0.25) is 0 Å². The molecule has 0 bridgehead atoms. The Labute approximate surface area is 122 Å². The van der Waals surface area contributed by atoms with Crippen molar-refractivity contribution in [2.75, 3.05) is 5.73 Å². The number of nitrogens with two attached hydrogens (primary N) is 1. The number of anilines is 1. The molecule has 4 aromatic rings. The average Bonchev–Trinajstić information content (AvgIpc) is 2.90. The molecule has 0 aliphatic rings. The molecule has 0 atom stereocenters. The maximum absolute atomic E-state index is 6.03. The smallest absolute Gasteiger partial charge is 0.228 e. The second-order valence-electron chi connectivity index (χ2n) is 5.25. The van der Waals surface area contributed by atoms with Crippen LogP contribution in [-0.4, -0.2) is 4.98 Å². The number of nitrogen functional groups attached to an aromatic ring is 1. The molecule has 102 valence electrons. The van der Waals surface area contributed by atoms with Gasteiger partial charge in [-0.1, -0.05) is 36.4 Å². The molecule has 0 aliphatic carbocycles. The maximum atomic E-state index is 6.03. The number of aryl methyl sites for hydroxylation is 1. The van der Waals surface area contributed by atoms with Gasteiger partial charge in [0.15, 0.2) is 5.58 Å². The number of benzene rings is 3. The van der Waals surface area contributed by atoms with Crippen molar-refractivity contribution >= 4 is 27.6 Å². The second-order valence-corrected chi connectivity index (χ2v) is 5.25. The van der Waals surface area contributed by atoms with Gasteiger partial charge in [-0.15, -0.1) is 0 Å². The molecule has 0 saturated heterocycles. The van der Waals surface area contributed by atoms with E-state index in [-0.39, 0.29) is 0 Å². The van der Waals surface area contributed by atoms with Crippen LogP contribution in [0, 0.1) is 6.92 Å². The van der Waals surface area contributed by atoms with Crippen molar-refractivity contribution in [3.8, 4) is 11.5 Å². The van der Waals surface area contributed by atoms with Crippen LogP contribution in [0.1, 0.15) is 5.56 Å². The lowest BCUT2D eigenvalue weighted by molar-refractivity contribution is 0.622. The van der Waals surface area contributed by atoms with Crippen LogP contribution in [-0.2, 0) is 0 Å². The molecule has 0 unspecified atom stereocenters. The van der Waals surface area contributed by atoms with Crippen molar-refractivity contribution in [3.05, 3.63) is 60.2 Å². The zero-order valence-corrected chi connectivity index (χ0v) is 11.6. The maximum Gasteiger partial charge on any atom is 0.228 e. The molecule has 0 aliphatic heterocycles. The first-order chi connectivity index (χ1) is 10.2. The summed E-state index contributed by atoms with van der Waals surface area (Å²) in [5, 5.41) is 2.29. The topological polar surface area (TPSA) is 52.0 Å². The van der Waals surface area contributed by atoms with Crippen molar-refractivity contribution in [3.63, 3.8) is 0 Å². The number of rotatable bonds is 1. The summed E-state index contributed by atoms with van der Waals surface area (Å²) in [6.45, 7) is 2.00. The molecule has 3 nitrogen and oxygen atoms in total. The van der Waals surface area contributed by atoms with E-state index < -0.39 is 0 Å². The fourth-order valence-electron chi connectivity index (χ4n) is 2.73. The molecular formula is C18H14N2O. The van der Waals surface area contributed by atoms with E-state index in [9.17, 15) is 0 Å². The zero-order valence-electron chi connectivity index (χ0n) is 11.6. The first-order valence-corrected chi connectivity index (χ1v) is 6.87. The van der Waals surface area contributed by atoms with Gasteiger partial charge in [-0.3, -0.25) is 0 Å². The molecule has 0 spiro atoms. The molecule has 2 N–H and O–H groups in total. The van der Waals surface area contributed by atoms with Crippen LogP contribution < -0.4 is 5.73 Å². The fraction of sp³-hybridized carbons (Fsp3) is 0.0556. The molecule has 0 amide bonds. The monoisotopic (exact) mass is 274 g/mol. The Hall–Kier alpha value is -2.81. The van der Waals surface area contributed by atoms with Crippen molar-refractivity contribution in [2.24, 2.45) is 0 Å². The Morgan fingerprint density at radius 2 is 1.81 bits per heavy atom. The van der Waals surface area contributed by atoms with Crippen LogP contribution in [0.25, 0.3) is 33.3 Å². The number of oxazole rings is 1. The summed E-state index contributed by atoms with van der Waals surface area (Å²) in [6.07, 6.45) is 0. The third kappa shape index (κ3) is 1.86. The Bertz CT molecular complexity index is 964. The molecule has 0 saturated carbocycles. The second kappa shape index (κ2) is 4.35. The Morgan fingerprint density at radius 1 is 1.00 bits per heavy atom.